The third kappa shape index (κ3) is 22.7. The van der Waals surface area contributed by atoms with Gasteiger partial charge in [0.25, 0.3) is 0 Å². The van der Waals surface area contributed by atoms with Crippen molar-refractivity contribution in [3.05, 3.63) is 67.3 Å². The van der Waals surface area contributed by atoms with Gasteiger partial charge in [-0.1, -0.05) is 108 Å². The van der Waals surface area contributed by atoms with E-state index in [4.69, 9.17) is 0 Å². The number of aryl methyl sites for hydroxylation is 1. The summed E-state index contributed by atoms with van der Waals surface area (Å²) >= 11 is -11.4. The fourth-order valence-electron chi connectivity index (χ4n) is 3.72. The molecule has 1 atom stereocenters. The fraction of sp³-hybridized carbons (Fsp3) is 0.556. The van der Waals surface area contributed by atoms with Crippen LogP contribution in [0.25, 0.3) is 0 Å². The standard InChI is InChI=1S/C27H40IO.6FH.Sb/c1-2-3-4-5-6-7-8-9-10-14-20-26(29)23-22-24-17-15-16-21-27(24)28-25-18-12-11-13-19-25;;;;;;;/h11-13,15-19,21,26,29H,2-10,14,20,22-23H2,1H3;6*1H;/q+1;;;;;;;+5/p-6. The molecule has 1 unspecified atom stereocenters. The van der Waals surface area contributed by atoms with E-state index in [2.05, 4.69) is 61.5 Å². The first-order chi connectivity index (χ1) is 16.7. The molecule has 0 aliphatic carbocycles. The Morgan fingerprint density at radius 2 is 1.14 bits per heavy atom. The maximum absolute atomic E-state index is 11.2. The molecule has 0 fully saturated rings. The van der Waals surface area contributed by atoms with Crippen molar-refractivity contribution < 1.29 is 43.2 Å². The molecule has 0 heterocycles. The first-order valence-electron chi connectivity index (χ1n) is 12.8. The normalized spacial score (nSPS) is 14.3. The molecule has 208 valence electrons. The molecule has 0 saturated heterocycles. The van der Waals surface area contributed by atoms with Gasteiger partial charge in [0, 0.05) is 5.56 Å². The van der Waals surface area contributed by atoms with Gasteiger partial charge in [-0.15, -0.1) is 0 Å². The van der Waals surface area contributed by atoms with Gasteiger partial charge in [0.1, 0.15) is 0 Å². The number of hydrogen-bond donors (Lipinski definition) is 1. The van der Waals surface area contributed by atoms with Crippen LogP contribution in [0.15, 0.2) is 54.6 Å². The van der Waals surface area contributed by atoms with Crippen molar-refractivity contribution in [2.45, 2.75) is 96.5 Å². The Hall–Kier alpha value is -0.472. The SMILES string of the molecule is CCCCCCCCCCCCC(O)CCc1ccccc1[I+]c1ccccc1.[F][Sb-]([F])([F])([F])([F])[F]. The van der Waals surface area contributed by atoms with E-state index in [-0.39, 0.29) is 27.3 Å². The van der Waals surface area contributed by atoms with Gasteiger partial charge in [0.15, 0.2) is 7.14 Å². The molecule has 1 nitrogen and oxygen atoms in total. The van der Waals surface area contributed by atoms with Crippen LogP contribution in [0.5, 0.6) is 0 Å². The zero-order chi connectivity index (χ0) is 27.0. The van der Waals surface area contributed by atoms with Crippen LogP contribution in [-0.2, 0) is 6.42 Å². The van der Waals surface area contributed by atoms with Gasteiger partial charge in [-0.05, 0) is 37.5 Å². The molecule has 0 aromatic heterocycles. The molecule has 36 heavy (non-hydrogen) atoms. The van der Waals surface area contributed by atoms with Crippen molar-refractivity contribution in [1.29, 1.82) is 0 Å². The maximum atomic E-state index is 10.4. The number of benzene rings is 2. The molecule has 2 aromatic rings. The molecule has 0 spiro atoms. The van der Waals surface area contributed by atoms with Gasteiger partial charge in [0.05, 0.1) is 6.10 Å². The molecule has 2 rings (SSSR count). The van der Waals surface area contributed by atoms with Gasteiger partial charge in [0.2, 0.25) is 0 Å². The average Bonchev–Trinajstić information content (AvgIpc) is 2.78. The molecule has 0 saturated carbocycles. The van der Waals surface area contributed by atoms with Crippen LogP contribution in [0, 0.1) is 7.14 Å². The van der Waals surface area contributed by atoms with Crippen LogP contribution in [0.3, 0.4) is 0 Å². The summed E-state index contributed by atoms with van der Waals surface area (Å²) in [5.41, 5.74) is 1.44. The van der Waals surface area contributed by atoms with E-state index < -0.39 is 19.5 Å². The van der Waals surface area contributed by atoms with E-state index in [0.717, 1.165) is 19.3 Å². The van der Waals surface area contributed by atoms with Crippen molar-refractivity contribution in [2.75, 3.05) is 0 Å². The van der Waals surface area contributed by atoms with Gasteiger partial charge in [-0.2, -0.15) is 0 Å². The summed E-state index contributed by atoms with van der Waals surface area (Å²) in [6.07, 6.45) is 16.3. The Bertz CT molecular complexity index is 835. The van der Waals surface area contributed by atoms with E-state index in [1.807, 2.05) is 0 Å². The Labute approximate surface area is 225 Å². The number of halogens is 7. The predicted octanol–water partition coefficient (Wildman–Crippen LogP) is 6.56. The summed E-state index contributed by atoms with van der Waals surface area (Å²) in [5.74, 6) is 0. The monoisotopic (exact) mass is 742 g/mol. The van der Waals surface area contributed by atoms with E-state index in [1.165, 1.54) is 76.9 Å². The Morgan fingerprint density at radius 3 is 1.69 bits per heavy atom. The fourth-order valence-corrected chi connectivity index (χ4v) is 6.35. The zero-order valence-corrected chi connectivity index (χ0v) is 25.7. The molecule has 0 amide bonds. The van der Waals surface area contributed by atoms with Crippen molar-refractivity contribution in [3.63, 3.8) is 0 Å². The first-order valence-corrected chi connectivity index (χ1v) is 20.7. The summed E-state index contributed by atoms with van der Waals surface area (Å²) in [6.45, 7) is 2.28. The molecule has 9 heteroatoms. The molecular weight excluding hydrogens is 703 g/mol. The van der Waals surface area contributed by atoms with E-state index >= 15 is 0 Å². The van der Waals surface area contributed by atoms with Gasteiger partial charge < -0.3 is 5.11 Å². The van der Waals surface area contributed by atoms with Crippen LogP contribution >= 0.6 is 0 Å². The van der Waals surface area contributed by atoms with Gasteiger partial charge in [-0.3, -0.25) is 0 Å². The second-order valence-electron chi connectivity index (χ2n) is 9.10. The number of aliphatic hydroxyl groups excluding tert-OH is 1. The molecule has 0 aliphatic rings. The summed E-state index contributed by atoms with van der Waals surface area (Å²) in [4.78, 5) is 0. The molecule has 0 bridgehead atoms. The van der Waals surface area contributed by atoms with Crippen molar-refractivity contribution >= 4 is 19.5 Å². The quantitative estimate of drug-likeness (QED) is 0.0895. The second kappa shape index (κ2) is 15.8. The number of hydrogen-bond acceptors (Lipinski definition) is 1. The molecule has 1 N–H and O–H groups in total. The minimum absolute atomic E-state index is 0.133. The summed E-state index contributed by atoms with van der Waals surface area (Å²) in [5, 5.41) is 10.4. The number of rotatable bonds is 16. The minimum atomic E-state index is -11.2. The zero-order valence-electron chi connectivity index (χ0n) is 21.0. The van der Waals surface area contributed by atoms with Crippen LogP contribution in [0.4, 0.5) is 16.9 Å². The topological polar surface area (TPSA) is 20.2 Å². The van der Waals surface area contributed by atoms with Gasteiger partial charge >= 0.3 is 57.6 Å². The van der Waals surface area contributed by atoms with E-state index in [1.54, 1.807) is 0 Å². The average molecular weight is 743 g/mol. The molecule has 2 aromatic carbocycles. The first kappa shape index (κ1) is 33.6. The third-order valence-electron chi connectivity index (χ3n) is 5.54. The summed E-state index contributed by atoms with van der Waals surface area (Å²) < 4.78 is 62.5. The summed E-state index contributed by atoms with van der Waals surface area (Å²) in [7, 11) is 0. The molecule has 0 radical (unpaired) electrons. The summed E-state index contributed by atoms with van der Waals surface area (Å²) in [6, 6.07) is 19.7. The van der Waals surface area contributed by atoms with E-state index in [9.17, 15) is 22.0 Å². The molecule has 0 aliphatic heterocycles. The van der Waals surface area contributed by atoms with Crippen molar-refractivity contribution in [2.24, 2.45) is 0 Å². The van der Waals surface area contributed by atoms with Crippen LogP contribution in [-0.4, -0.2) is 30.7 Å². The Morgan fingerprint density at radius 1 is 0.667 bits per heavy atom. The van der Waals surface area contributed by atoms with E-state index in [0.29, 0.717) is 0 Å². The number of unbranched alkanes of at least 4 members (excludes halogenated alkanes) is 9. The molecular formula is C27H40F6IOSb. The predicted molar refractivity (Wildman–Crippen MR) is 133 cm³/mol. The van der Waals surface area contributed by atoms with Crippen LogP contribution in [0.1, 0.15) is 89.5 Å². The van der Waals surface area contributed by atoms with Crippen molar-refractivity contribution in [1.82, 2.24) is 0 Å². The van der Waals surface area contributed by atoms with Crippen molar-refractivity contribution in [3.8, 4) is 0 Å². The Balaban J connectivity index is 0.000000809. The third-order valence-corrected chi connectivity index (χ3v) is 8.52. The second-order valence-corrected chi connectivity index (χ2v) is 17.5. The van der Waals surface area contributed by atoms with Crippen LogP contribution in [0.2, 0.25) is 0 Å². The van der Waals surface area contributed by atoms with Crippen LogP contribution < -0.4 is 21.2 Å². The number of aliphatic hydroxyl groups is 1. The van der Waals surface area contributed by atoms with Gasteiger partial charge in [-0.25, -0.2) is 0 Å². The Kier molecular flexibility index (Phi) is 14.7.